The van der Waals surface area contributed by atoms with E-state index in [9.17, 15) is 0 Å². The maximum absolute atomic E-state index is 5.95. The van der Waals surface area contributed by atoms with Gasteiger partial charge in [-0.05, 0) is 43.5 Å². The van der Waals surface area contributed by atoms with Crippen LogP contribution in [-0.4, -0.2) is 6.54 Å². The summed E-state index contributed by atoms with van der Waals surface area (Å²) < 4.78 is 0. The lowest BCUT2D eigenvalue weighted by Gasteiger charge is -2.22. The second kappa shape index (κ2) is 5.89. The lowest BCUT2D eigenvalue weighted by Crippen LogP contribution is -2.21. The normalized spacial score (nSPS) is 12.2. The highest BCUT2D eigenvalue weighted by atomic mass is 14.9. The minimum atomic E-state index is 0.154. The van der Waals surface area contributed by atoms with E-state index in [0.717, 1.165) is 5.69 Å². The summed E-state index contributed by atoms with van der Waals surface area (Å²) in [5.41, 5.74) is 12.2. The average Bonchev–Trinajstić information content (AvgIpc) is 2.39. The number of anilines is 1. The van der Waals surface area contributed by atoms with E-state index in [1.54, 1.807) is 0 Å². The molecule has 0 radical (unpaired) electrons. The standard InChI is InChI=1S/C17H22N2/c1-12-8-9-15(14(3)10-12)17(11-18)19-16-7-5-4-6-13(16)2/h4-10,17,19H,11,18H2,1-3H3. The number of nitrogens with one attached hydrogen (secondary N) is 1. The summed E-state index contributed by atoms with van der Waals surface area (Å²) in [5, 5.41) is 3.55. The Morgan fingerprint density at radius 3 is 2.37 bits per heavy atom. The molecule has 1 unspecified atom stereocenters. The first-order chi connectivity index (χ1) is 9.11. The number of benzene rings is 2. The maximum Gasteiger partial charge on any atom is 0.0638 e. The summed E-state index contributed by atoms with van der Waals surface area (Å²) in [5.74, 6) is 0. The quantitative estimate of drug-likeness (QED) is 0.872. The fraction of sp³-hybridized carbons (Fsp3) is 0.294. The van der Waals surface area contributed by atoms with Crippen LogP contribution in [0.15, 0.2) is 42.5 Å². The van der Waals surface area contributed by atoms with Gasteiger partial charge in [-0.3, -0.25) is 0 Å². The zero-order valence-electron chi connectivity index (χ0n) is 11.9. The lowest BCUT2D eigenvalue weighted by atomic mass is 9.98. The molecule has 2 heteroatoms. The summed E-state index contributed by atoms with van der Waals surface area (Å²) in [4.78, 5) is 0. The Morgan fingerprint density at radius 2 is 1.74 bits per heavy atom. The first-order valence-electron chi connectivity index (χ1n) is 6.71. The molecule has 3 N–H and O–H groups in total. The highest BCUT2D eigenvalue weighted by molar-refractivity contribution is 5.52. The molecule has 0 saturated heterocycles. The number of para-hydroxylation sites is 1. The Kier molecular flexibility index (Phi) is 4.23. The van der Waals surface area contributed by atoms with Gasteiger partial charge in [0.15, 0.2) is 0 Å². The van der Waals surface area contributed by atoms with Crippen molar-refractivity contribution in [3.8, 4) is 0 Å². The summed E-state index contributed by atoms with van der Waals surface area (Å²) in [6.07, 6.45) is 0. The van der Waals surface area contributed by atoms with Gasteiger partial charge in [-0.1, -0.05) is 42.0 Å². The van der Waals surface area contributed by atoms with Crippen molar-refractivity contribution in [2.75, 3.05) is 11.9 Å². The van der Waals surface area contributed by atoms with Gasteiger partial charge < -0.3 is 11.1 Å². The van der Waals surface area contributed by atoms with Crippen LogP contribution in [0.1, 0.15) is 28.3 Å². The Hall–Kier alpha value is -1.80. The van der Waals surface area contributed by atoms with E-state index >= 15 is 0 Å². The molecule has 0 saturated carbocycles. The van der Waals surface area contributed by atoms with E-state index in [0.29, 0.717) is 6.54 Å². The molecule has 0 amide bonds. The molecule has 2 rings (SSSR count). The van der Waals surface area contributed by atoms with E-state index in [2.05, 4.69) is 62.5 Å². The molecule has 0 aliphatic rings. The molecular formula is C17H22N2. The number of hydrogen-bond donors (Lipinski definition) is 2. The Morgan fingerprint density at radius 1 is 1.00 bits per heavy atom. The van der Waals surface area contributed by atoms with Crippen molar-refractivity contribution >= 4 is 5.69 Å². The van der Waals surface area contributed by atoms with Gasteiger partial charge in [0.25, 0.3) is 0 Å². The smallest absolute Gasteiger partial charge is 0.0638 e. The van der Waals surface area contributed by atoms with Crippen molar-refractivity contribution in [3.63, 3.8) is 0 Å². The van der Waals surface area contributed by atoms with Gasteiger partial charge in [0.2, 0.25) is 0 Å². The van der Waals surface area contributed by atoms with Gasteiger partial charge in [-0.2, -0.15) is 0 Å². The molecule has 2 aromatic rings. The van der Waals surface area contributed by atoms with Crippen LogP contribution < -0.4 is 11.1 Å². The Balaban J connectivity index is 2.28. The molecule has 2 aromatic carbocycles. The van der Waals surface area contributed by atoms with Crippen LogP contribution in [0.3, 0.4) is 0 Å². The minimum Gasteiger partial charge on any atom is -0.377 e. The topological polar surface area (TPSA) is 38.0 Å². The predicted molar refractivity (Wildman–Crippen MR) is 82.5 cm³/mol. The summed E-state index contributed by atoms with van der Waals surface area (Å²) in [6, 6.07) is 15.0. The van der Waals surface area contributed by atoms with Crippen LogP contribution >= 0.6 is 0 Å². The minimum absolute atomic E-state index is 0.154. The van der Waals surface area contributed by atoms with Crippen molar-refractivity contribution < 1.29 is 0 Å². The highest BCUT2D eigenvalue weighted by Gasteiger charge is 2.12. The third kappa shape index (κ3) is 3.15. The van der Waals surface area contributed by atoms with Gasteiger partial charge in [0.05, 0.1) is 6.04 Å². The van der Waals surface area contributed by atoms with Crippen LogP contribution in [0.25, 0.3) is 0 Å². The van der Waals surface area contributed by atoms with Crippen LogP contribution in [0, 0.1) is 20.8 Å². The molecule has 0 bridgehead atoms. The molecule has 19 heavy (non-hydrogen) atoms. The monoisotopic (exact) mass is 254 g/mol. The molecule has 0 aliphatic carbocycles. The third-order valence-corrected chi connectivity index (χ3v) is 3.51. The van der Waals surface area contributed by atoms with Gasteiger partial charge in [0, 0.05) is 12.2 Å². The molecule has 0 aromatic heterocycles. The Labute approximate surface area is 115 Å². The van der Waals surface area contributed by atoms with Crippen LogP contribution in [0.4, 0.5) is 5.69 Å². The van der Waals surface area contributed by atoms with E-state index in [4.69, 9.17) is 5.73 Å². The number of nitrogens with two attached hydrogens (primary N) is 1. The molecule has 2 nitrogen and oxygen atoms in total. The average molecular weight is 254 g/mol. The van der Waals surface area contributed by atoms with Crippen molar-refractivity contribution in [1.29, 1.82) is 0 Å². The maximum atomic E-state index is 5.95. The van der Waals surface area contributed by atoms with Crippen LogP contribution in [-0.2, 0) is 0 Å². The number of aryl methyl sites for hydroxylation is 3. The van der Waals surface area contributed by atoms with Crippen molar-refractivity contribution in [3.05, 3.63) is 64.7 Å². The third-order valence-electron chi connectivity index (χ3n) is 3.51. The van der Waals surface area contributed by atoms with Gasteiger partial charge in [0.1, 0.15) is 0 Å². The second-order valence-electron chi connectivity index (χ2n) is 5.11. The second-order valence-corrected chi connectivity index (χ2v) is 5.11. The van der Waals surface area contributed by atoms with Gasteiger partial charge in [-0.15, -0.1) is 0 Å². The molecule has 0 aliphatic heterocycles. The molecular weight excluding hydrogens is 232 g/mol. The van der Waals surface area contributed by atoms with E-state index in [1.165, 1.54) is 22.3 Å². The zero-order valence-corrected chi connectivity index (χ0v) is 11.9. The summed E-state index contributed by atoms with van der Waals surface area (Å²) >= 11 is 0. The van der Waals surface area contributed by atoms with E-state index in [-0.39, 0.29) is 6.04 Å². The zero-order chi connectivity index (χ0) is 13.8. The predicted octanol–water partition coefficient (Wildman–Crippen LogP) is 3.72. The van der Waals surface area contributed by atoms with Gasteiger partial charge >= 0.3 is 0 Å². The molecule has 1 atom stereocenters. The number of rotatable bonds is 4. The van der Waals surface area contributed by atoms with Crippen molar-refractivity contribution in [1.82, 2.24) is 0 Å². The van der Waals surface area contributed by atoms with E-state index < -0.39 is 0 Å². The van der Waals surface area contributed by atoms with Crippen LogP contribution in [0.2, 0.25) is 0 Å². The summed E-state index contributed by atoms with van der Waals surface area (Å²) in [6.45, 7) is 6.95. The highest BCUT2D eigenvalue weighted by Crippen LogP contribution is 2.24. The fourth-order valence-corrected chi connectivity index (χ4v) is 2.40. The van der Waals surface area contributed by atoms with E-state index in [1.807, 2.05) is 6.07 Å². The lowest BCUT2D eigenvalue weighted by molar-refractivity contribution is 0.782. The van der Waals surface area contributed by atoms with Gasteiger partial charge in [-0.25, -0.2) is 0 Å². The first kappa shape index (κ1) is 13.6. The first-order valence-corrected chi connectivity index (χ1v) is 6.71. The largest absolute Gasteiger partial charge is 0.377 e. The summed E-state index contributed by atoms with van der Waals surface area (Å²) in [7, 11) is 0. The fourth-order valence-electron chi connectivity index (χ4n) is 2.40. The van der Waals surface area contributed by atoms with Crippen molar-refractivity contribution in [2.24, 2.45) is 5.73 Å². The SMILES string of the molecule is Cc1ccc(C(CN)Nc2ccccc2C)c(C)c1. The van der Waals surface area contributed by atoms with Crippen molar-refractivity contribution in [2.45, 2.75) is 26.8 Å². The number of hydrogen-bond acceptors (Lipinski definition) is 2. The molecule has 0 heterocycles. The van der Waals surface area contributed by atoms with Crippen LogP contribution in [0.5, 0.6) is 0 Å². The molecule has 100 valence electrons. The Bertz CT molecular complexity index is 561. The molecule has 0 spiro atoms. The molecule has 0 fully saturated rings.